The van der Waals surface area contributed by atoms with Crippen LogP contribution in [-0.2, 0) is 16.1 Å². The summed E-state index contributed by atoms with van der Waals surface area (Å²) in [6.07, 6.45) is 5.76. The molecule has 1 heterocycles. The molecule has 3 aliphatic rings. The number of rotatable bonds is 6. The predicted molar refractivity (Wildman–Crippen MR) is 93.2 cm³/mol. The van der Waals surface area contributed by atoms with Crippen molar-refractivity contribution < 1.29 is 14.2 Å². The third-order valence-electron chi connectivity index (χ3n) is 6.57. The summed E-state index contributed by atoms with van der Waals surface area (Å²) in [6.45, 7) is 3.80. The van der Waals surface area contributed by atoms with E-state index in [0.717, 1.165) is 17.9 Å². The second kappa shape index (κ2) is 6.32. The van der Waals surface area contributed by atoms with Crippen molar-refractivity contribution in [3.63, 3.8) is 0 Å². The molecule has 0 unspecified atom stereocenters. The topological polar surface area (TPSA) is 39.7 Å². The van der Waals surface area contributed by atoms with Gasteiger partial charge in [-0.3, -0.25) is 0 Å². The van der Waals surface area contributed by atoms with Gasteiger partial charge in [0.1, 0.15) is 5.75 Å². The van der Waals surface area contributed by atoms with Crippen LogP contribution in [0.4, 0.5) is 0 Å². The average Bonchev–Trinajstić information content (AvgIpc) is 2.96. The number of ether oxygens (including phenoxy) is 3. The lowest BCUT2D eigenvalue weighted by molar-refractivity contribution is -0.178. The molecule has 1 spiro atoms. The summed E-state index contributed by atoms with van der Waals surface area (Å²) in [7, 11) is 3.44. The fraction of sp³-hybridized carbons (Fsp3) is 0.700. The van der Waals surface area contributed by atoms with Gasteiger partial charge in [-0.2, -0.15) is 0 Å². The molecule has 2 aliphatic carbocycles. The number of nitrogens with one attached hydrogen (secondary N) is 1. The van der Waals surface area contributed by atoms with E-state index in [4.69, 9.17) is 14.2 Å². The molecule has 3 fully saturated rings. The van der Waals surface area contributed by atoms with Crippen LogP contribution in [0.1, 0.15) is 49.8 Å². The molecule has 1 aliphatic heterocycles. The van der Waals surface area contributed by atoms with E-state index in [2.05, 4.69) is 30.4 Å². The fourth-order valence-electron chi connectivity index (χ4n) is 5.20. The molecule has 4 heteroatoms. The number of hydrogen-bond acceptors (Lipinski definition) is 4. The van der Waals surface area contributed by atoms with Gasteiger partial charge in [-0.25, -0.2) is 0 Å². The van der Waals surface area contributed by atoms with Crippen LogP contribution >= 0.6 is 0 Å². The van der Waals surface area contributed by atoms with Crippen LogP contribution in [0.3, 0.4) is 0 Å². The lowest BCUT2D eigenvalue weighted by Gasteiger charge is -2.64. The van der Waals surface area contributed by atoms with Gasteiger partial charge in [0.05, 0.1) is 19.8 Å². The van der Waals surface area contributed by atoms with Crippen molar-refractivity contribution in [2.75, 3.05) is 20.8 Å². The van der Waals surface area contributed by atoms with E-state index < -0.39 is 0 Å². The van der Waals surface area contributed by atoms with Crippen molar-refractivity contribution in [3.05, 3.63) is 29.3 Å². The Kier molecular flexibility index (Phi) is 4.31. The summed E-state index contributed by atoms with van der Waals surface area (Å²) in [5, 5.41) is 3.94. The van der Waals surface area contributed by atoms with E-state index in [-0.39, 0.29) is 0 Å². The minimum absolute atomic E-state index is 0.329. The first-order valence-electron chi connectivity index (χ1n) is 9.23. The SMILES string of the molecule is COCc1cc([C@H](C)N[C@@H]2[C@@H]3CCO[C@H]3C23CCC3)ccc1OC. The van der Waals surface area contributed by atoms with Crippen molar-refractivity contribution in [1.82, 2.24) is 5.32 Å². The van der Waals surface area contributed by atoms with Crippen LogP contribution < -0.4 is 10.1 Å². The molecule has 1 saturated heterocycles. The third-order valence-corrected chi connectivity index (χ3v) is 6.57. The Morgan fingerprint density at radius 2 is 2.17 bits per heavy atom. The zero-order chi connectivity index (χ0) is 16.7. The van der Waals surface area contributed by atoms with Gasteiger partial charge in [0.2, 0.25) is 0 Å². The highest BCUT2D eigenvalue weighted by Gasteiger charge is 2.66. The number of benzene rings is 1. The first-order chi connectivity index (χ1) is 11.7. The molecule has 1 aromatic carbocycles. The number of methoxy groups -OCH3 is 2. The molecular weight excluding hydrogens is 302 g/mol. The van der Waals surface area contributed by atoms with Crippen molar-refractivity contribution >= 4 is 0 Å². The van der Waals surface area contributed by atoms with Crippen molar-refractivity contribution in [1.29, 1.82) is 0 Å². The first kappa shape index (κ1) is 16.4. The molecule has 0 bridgehead atoms. The Labute approximate surface area is 144 Å². The molecule has 0 amide bonds. The summed E-state index contributed by atoms with van der Waals surface area (Å²) < 4.78 is 16.8. The first-order valence-corrected chi connectivity index (χ1v) is 9.23. The van der Waals surface area contributed by atoms with Crippen LogP contribution in [-0.4, -0.2) is 33.0 Å². The van der Waals surface area contributed by atoms with Gasteiger partial charge in [0, 0.05) is 42.7 Å². The summed E-state index contributed by atoms with van der Waals surface area (Å²) in [4.78, 5) is 0. The van der Waals surface area contributed by atoms with Gasteiger partial charge >= 0.3 is 0 Å². The second-order valence-electron chi connectivity index (χ2n) is 7.70. The Hall–Kier alpha value is -1.10. The second-order valence-corrected chi connectivity index (χ2v) is 7.70. The highest BCUT2D eigenvalue weighted by atomic mass is 16.5. The van der Waals surface area contributed by atoms with E-state index in [9.17, 15) is 0 Å². The van der Waals surface area contributed by atoms with Crippen LogP contribution in [0, 0.1) is 11.3 Å². The van der Waals surface area contributed by atoms with E-state index in [1.165, 1.54) is 31.2 Å². The Balaban J connectivity index is 1.50. The van der Waals surface area contributed by atoms with E-state index >= 15 is 0 Å². The van der Waals surface area contributed by atoms with Crippen molar-refractivity contribution in [2.24, 2.45) is 11.3 Å². The highest BCUT2D eigenvalue weighted by molar-refractivity contribution is 5.38. The van der Waals surface area contributed by atoms with Gasteiger partial charge in [-0.15, -0.1) is 0 Å². The largest absolute Gasteiger partial charge is 0.496 e. The average molecular weight is 331 g/mol. The fourth-order valence-corrected chi connectivity index (χ4v) is 5.20. The molecule has 0 aromatic heterocycles. The summed E-state index contributed by atoms with van der Waals surface area (Å²) in [6, 6.07) is 7.39. The molecular formula is C20H29NO3. The molecule has 4 nitrogen and oxygen atoms in total. The maximum absolute atomic E-state index is 6.04. The minimum atomic E-state index is 0.329. The van der Waals surface area contributed by atoms with Gasteiger partial charge in [-0.1, -0.05) is 12.5 Å². The van der Waals surface area contributed by atoms with Crippen LogP contribution in [0.15, 0.2) is 18.2 Å². The summed E-state index contributed by atoms with van der Waals surface area (Å²) in [5.74, 6) is 1.61. The van der Waals surface area contributed by atoms with E-state index in [1.807, 2.05) is 0 Å². The molecule has 0 radical (unpaired) electrons. The lowest BCUT2D eigenvalue weighted by Crippen LogP contribution is -2.71. The Morgan fingerprint density at radius 3 is 2.83 bits per heavy atom. The van der Waals surface area contributed by atoms with Gasteiger partial charge < -0.3 is 19.5 Å². The summed E-state index contributed by atoms with van der Waals surface area (Å²) in [5.41, 5.74) is 2.84. The normalized spacial score (nSPS) is 31.2. The van der Waals surface area contributed by atoms with E-state index in [0.29, 0.717) is 36.1 Å². The van der Waals surface area contributed by atoms with Crippen molar-refractivity contribution in [3.8, 4) is 5.75 Å². The minimum Gasteiger partial charge on any atom is -0.496 e. The maximum Gasteiger partial charge on any atom is 0.124 e. The van der Waals surface area contributed by atoms with E-state index in [1.54, 1.807) is 14.2 Å². The van der Waals surface area contributed by atoms with Crippen LogP contribution in [0.25, 0.3) is 0 Å². The van der Waals surface area contributed by atoms with Crippen molar-refractivity contribution in [2.45, 2.75) is 57.4 Å². The lowest BCUT2D eigenvalue weighted by atomic mass is 9.46. The molecule has 4 rings (SSSR count). The standard InChI is InChI=1S/C20H29NO3/c1-13(14-5-6-17(23-3)15(11-14)12-22-2)21-18-16-7-10-24-19(16)20(18)8-4-9-20/h5-6,11,13,16,18-19,21H,4,7-10,12H2,1-3H3/t13-,16-,18+,19+/m0/s1. The monoisotopic (exact) mass is 331 g/mol. The maximum atomic E-state index is 6.04. The van der Waals surface area contributed by atoms with Gasteiger partial charge in [-0.05, 0) is 43.9 Å². The third kappa shape index (κ3) is 2.39. The Morgan fingerprint density at radius 1 is 1.33 bits per heavy atom. The van der Waals surface area contributed by atoms with Crippen LogP contribution in [0.2, 0.25) is 0 Å². The zero-order valence-electron chi connectivity index (χ0n) is 15.0. The smallest absolute Gasteiger partial charge is 0.124 e. The van der Waals surface area contributed by atoms with Crippen LogP contribution in [0.5, 0.6) is 5.75 Å². The quantitative estimate of drug-likeness (QED) is 0.867. The molecule has 1 aromatic rings. The highest BCUT2D eigenvalue weighted by Crippen LogP contribution is 2.63. The molecule has 24 heavy (non-hydrogen) atoms. The molecule has 4 atom stereocenters. The number of fused-ring (bicyclic) bond motifs is 2. The number of hydrogen-bond donors (Lipinski definition) is 1. The predicted octanol–water partition coefficient (Wildman–Crippen LogP) is 3.45. The molecule has 132 valence electrons. The zero-order valence-corrected chi connectivity index (χ0v) is 15.0. The molecule has 1 N–H and O–H groups in total. The summed E-state index contributed by atoms with van der Waals surface area (Å²) >= 11 is 0. The van der Waals surface area contributed by atoms with Gasteiger partial charge in [0.25, 0.3) is 0 Å². The van der Waals surface area contributed by atoms with Gasteiger partial charge in [0.15, 0.2) is 0 Å². The molecule has 2 saturated carbocycles. The Bertz CT molecular complexity index is 599.